The number of benzene rings is 1. The number of halogens is 1. The van der Waals surface area contributed by atoms with Gasteiger partial charge in [0, 0.05) is 29.7 Å². The maximum atomic E-state index is 6.34. The van der Waals surface area contributed by atoms with Gasteiger partial charge in [-0.1, -0.05) is 31.0 Å². The van der Waals surface area contributed by atoms with Gasteiger partial charge in [-0.15, -0.1) is 0 Å². The Morgan fingerprint density at radius 1 is 1.22 bits per heavy atom. The van der Waals surface area contributed by atoms with Crippen LogP contribution in [0.1, 0.15) is 38.6 Å². The zero-order valence-electron chi connectivity index (χ0n) is 15.2. The summed E-state index contributed by atoms with van der Waals surface area (Å²) in [5.74, 6) is 0.758. The smallest absolute Gasteiger partial charge is 0.226 e. The predicted molar refractivity (Wildman–Crippen MR) is 109 cm³/mol. The number of aromatic nitrogens is 5. The highest BCUT2D eigenvalue weighted by Gasteiger charge is 2.24. The minimum absolute atomic E-state index is 0.260. The lowest BCUT2D eigenvalue weighted by Crippen LogP contribution is -2.18. The number of hydrogen-bond acceptors (Lipinski definition) is 4. The number of fused-ring (bicyclic) bond motifs is 2. The molecule has 1 fully saturated rings. The van der Waals surface area contributed by atoms with Crippen molar-refractivity contribution in [3.8, 4) is 0 Å². The van der Waals surface area contributed by atoms with E-state index in [1.165, 1.54) is 25.7 Å². The molecular formula is C20H21ClN6. The lowest BCUT2D eigenvalue weighted by Gasteiger charge is -2.22. The molecule has 138 valence electrons. The molecule has 0 atom stereocenters. The standard InChI is InChI=1S/C20H21ClN6/c1-2-26(16-11-22-15-10-6-5-9-14(15)16)18-17-19(25-20(21)24-18)27(12-23-17)13-7-3-4-8-13/h5-6,9-13,22H,2-4,7-8H2,1H3. The molecule has 27 heavy (non-hydrogen) atoms. The number of hydrogen-bond donors (Lipinski definition) is 1. The number of H-pyrrole nitrogens is 1. The van der Waals surface area contributed by atoms with Gasteiger partial charge in [0.05, 0.1) is 12.0 Å². The van der Waals surface area contributed by atoms with Gasteiger partial charge in [0.1, 0.15) is 0 Å². The third-order valence-corrected chi connectivity index (χ3v) is 5.69. The van der Waals surface area contributed by atoms with Crippen LogP contribution >= 0.6 is 11.6 Å². The molecule has 1 N–H and O–H groups in total. The summed E-state index contributed by atoms with van der Waals surface area (Å²) >= 11 is 6.34. The van der Waals surface area contributed by atoms with Gasteiger partial charge in [-0.25, -0.2) is 4.98 Å². The Kier molecular flexibility index (Phi) is 4.01. The van der Waals surface area contributed by atoms with E-state index in [9.17, 15) is 0 Å². The van der Waals surface area contributed by atoms with Crippen LogP contribution < -0.4 is 4.90 Å². The van der Waals surface area contributed by atoms with E-state index < -0.39 is 0 Å². The van der Waals surface area contributed by atoms with E-state index in [4.69, 9.17) is 16.6 Å². The second kappa shape index (κ2) is 6.53. The first kappa shape index (κ1) is 16.6. The number of para-hydroxylation sites is 1. The van der Waals surface area contributed by atoms with Gasteiger partial charge in [-0.05, 0) is 37.4 Å². The molecule has 1 aromatic carbocycles. The van der Waals surface area contributed by atoms with Crippen molar-refractivity contribution in [2.75, 3.05) is 11.4 Å². The second-order valence-corrected chi connectivity index (χ2v) is 7.38. The highest BCUT2D eigenvalue weighted by atomic mass is 35.5. The summed E-state index contributed by atoms with van der Waals surface area (Å²) in [6.45, 7) is 2.86. The molecule has 1 saturated carbocycles. The first-order valence-electron chi connectivity index (χ1n) is 9.50. The second-order valence-electron chi connectivity index (χ2n) is 7.04. The Balaban J connectivity index is 1.69. The number of imidazole rings is 1. The van der Waals surface area contributed by atoms with Gasteiger partial charge in [-0.3, -0.25) is 0 Å². The summed E-state index contributed by atoms with van der Waals surface area (Å²) < 4.78 is 2.18. The fourth-order valence-electron chi connectivity index (χ4n) is 4.23. The molecule has 1 aliphatic carbocycles. The summed E-state index contributed by atoms with van der Waals surface area (Å²) in [4.78, 5) is 19.3. The van der Waals surface area contributed by atoms with Crippen molar-refractivity contribution in [1.82, 2.24) is 24.5 Å². The Morgan fingerprint density at radius 3 is 2.85 bits per heavy atom. The van der Waals surface area contributed by atoms with E-state index >= 15 is 0 Å². The molecule has 0 spiro atoms. The van der Waals surface area contributed by atoms with E-state index in [2.05, 4.69) is 43.5 Å². The summed E-state index contributed by atoms with van der Waals surface area (Å²) in [5.41, 5.74) is 3.80. The highest BCUT2D eigenvalue weighted by molar-refractivity contribution is 6.28. The number of rotatable bonds is 4. The SMILES string of the molecule is CCN(c1c[nH]c2ccccc12)c1nc(Cl)nc2c1ncn2C1CCCC1. The normalized spacial score (nSPS) is 15.2. The fourth-order valence-corrected chi connectivity index (χ4v) is 4.39. The third kappa shape index (κ3) is 2.67. The first-order valence-corrected chi connectivity index (χ1v) is 9.87. The van der Waals surface area contributed by atoms with E-state index in [1.807, 2.05) is 24.7 Å². The van der Waals surface area contributed by atoms with Gasteiger partial charge in [0.25, 0.3) is 0 Å². The largest absolute Gasteiger partial charge is 0.359 e. The maximum Gasteiger partial charge on any atom is 0.226 e. The fraction of sp³-hybridized carbons (Fsp3) is 0.350. The maximum absolute atomic E-state index is 6.34. The van der Waals surface area contributed by atoms with Gasteiger partial charge < -0.3 is 14.5 Å². The Bertz CT molecular complexity index is 1110. The molecule has 6 nitrogen and oxygen atoms in total. The molecule has 3 aromatic heterocycles. The molecule has 0 radical (unpaired) electrons. The minimum atomic E-state index is 0.260. The summed E-state index contributed by atoms with van der Waals surface area (Å²) in [5, 5.41) is 1.41. The molecule has 0 bridgehead atoms. The van der Waals surface area contributed by atoms with Crippen molar-refractivity contribution >= 4 is 45.2 Å². The van der Waals surface area contributed by atoms with Crippen LogP contribution in [0.15, 0.2) is 36.8 Å². The van der Waals surface area contributed by atoms with Crippen LogP contribution in [0.5, 0.6) is 0 Å². The van der Waals surface area contributed by atoms with Gasteiger partial charge in [-0.2, -0.15) is 9.97 Å². The van der Waals surface area contributed by atoms with Crippen molar-refractivity contribution in [3.63, 3.8) is 0 Å². The minimum Gasteiger partial charge on any atom is -0.359 e. The van der Waals surface area contributed by atoms with Crippen LogP contribution in [0.4, 0.5) is 11.5 Å². The molecular weight excluding hydrogens is 360 g/mol. The van der Waals surface area contributed by atoms with Crippen LogP contribution in [-0.4, -0.2) is 31.0 Å². The van der Waals surface area contributed by atoms with Crippen molar-refractivity contribution in [1.29, 1.82) is 0 Å². The van der Waals surface area contributed by atoms with E-state index in [1.54, 1.807) is 0 Å². The van der Waals surface area contributed by atoms with Crippen LogP contribution in [-0.2, 0) is 0 Å². The molecule has 0 unspecified atom stereocenters. The van der Waals surface area contributed by atoms with E-state index in [-0.39, 0.29) is 5.28 Å². The Morgan fingerprint density at radius 2 is 2.04 bits per heavy atom. The monoisotopic (exact) mass is 380 g/mol. The van der Waals surface area contributed by atoms with Crippen molar-refractivity contribution < 1.29 is 0 Å². The predicted octanol–water partition coefficient (Wildman–Crippen LogP) is 5.23. The van der Waals surface area contributed by atoms with E-state index in [0.29, 0.717) is 6.04 Å². The summed E-state index contributed by atoms with van der Waals surface area (Å²) in [6.07, 6.45) is 8.77. The number of aromatic amines is 1. The average Bonchev–Trinajstić information content (AvgIpc) is 3.41. The molecule has 7 heteroatoms. The average molecular weight is 381 g/mol. The van der Waals surface area contributed by atoms with E-state index in [0.717, 1.165) is 40.1 Å². The van der Waals surface area contributed by atoms with Gasteiger partial charge >= 0.3 is 0 Å². The zero-order chi connectivity index (χ0) is 18.4. The number of nitrogens with one attached hydrogen (secondary N) is 1. The number of nitrogens with zero attached hydrogens (tertiary/aromatic N) is 5. The molecule has 0 amide bonds. The lowest BCUT2D eigenvalue weighted by atomic mass is 10.2. The molecule has 0 aliphatic heterocycles. The molecule has 4 aromatic rings. The van der Waals surface area contributed by atoms with Crippen LogP contribution in [0.3, 0.4) is 0 Å². The molecule has 3 heterocycles. The molecule has 1 aliphatic rings. The summed E-state index contributed by atoms with van der Waals surface area (Å²) in [7, 11) is 0. The third-order valence-electron chi connectivity index (χ3n) is 5.52. The first-order chi connectivity index (χ1) is 13.3. The quantitative estimate of drug-likeness (QED) is 0.492. The highest BCUT2D eigenvalue weighted by Crippen LogP contribution is 2.37. The van der Waals surface area contributed by atoms with Gasteiger partial charge in [0.2, 0.25) is 5.28 Å². The zero-order valence-corrected chi connectivity index (χ0v) is 15.9. The number of anilines is 2. The van der Waals surface area contributed by atoms with Crippen molar-refractivity contribution in [2.24, 2.45) is 0 Å². The van der Waals surface area contributed by atoms with Crippen molar-refractivity contribution in [2.45, 2.75) is 38.6 Å². The lowest BCUT2D eigenvalue weighted by molar-refractivity contribution is 0.529. The molecule has 0 saturated heterocycles. The van der Waals surface area contributed by atoms with Crippen LogP contribution in [0, 0.1) is 0 Å². The molecule has 5 rings (SSSR count). The Labute approximate surface area is 162 Å². The van der Waals surface area contributed by atoms with Crippen LogP contribution in [0.25, 0.3) is 22.1 Å². The van der Waals surface area contributed by atoms with Gasteiger partial charge in [0.15, 0.2) is 17.0 Å². The van der Waals surface area contributed by atoms with Crippen LogP contribution in [0.2, 0.25) is 5.28 Å². The topological polar surface area (TPSA) is 62.6 Å². The Hall–Kier alpha value is -2.60. The van der Waals surface area contributed by atoms with Crippen molar-refractivity contribution in [3.05, 3.63) is 42.1 Å². The summed E-state index contributed by atoms with van der Waals surface area (Å²) in [6, 6.07) is 8.72.